The van der Waals surface area contributed by atoms with E-state index in [4.69, 9.17) is 14.6 Å². The van der Waals surface area contributed by atoms with Gasteiger partial charge in [-0.3, -0.25) is 0 Å². The van der Waals surface area contributed by atoms with Crippen LogP contribution in [0.2, 0.25) is 0 Å². The van der Waals surface area contributed by atoms with Crippen molar-refractivity contribution < 1.29 is 19.4 Å². The molecule has 0 radical (unpaired) electrons. The third-order valence-electron chi connectivity index (χ3n) is 5.63. The summed E-state index contributed by atoms with van der Waals surface area (Å²) in [7, 11) is 3.37. The van der Waals surface area contributed by atoms with Gasteiger partial charge in [-0.15, -0.1) is 11.8 Å². The highest BCUT2D eigenvalue weighted by Crippen LogP contribution is 2.49. The first-order valence-corrected chi connectivity index (χ1v) is 11.0. The molecule has 1 unspecified atom stereocenters. The normalized spacial score (nSPS) is 17.9. The number of methoxy groups -OCH3 is 2. The molecule has 4 rings (SSSR count). The van der Waals surface area contributed by atoms with E-state index in [9.17, 15) is 4.79 Å². The molecule has 2 atom stereocenters. The van der Waals surface area contributed by atoms with Gasteiger partial charge >= 0.3 is 5.97 Å². The van der Waals surface area contributed by atoms with Crippen LogP contribution in [0.3, 0.4) is 0 Å². The van der Waals surface area contributed by atoms with Crippen molar-refractivity contribution in [1.82, 2.24) is 0 Å². The predicted octanol–water partition coefficient (Wildman–Crippen LogP) is 5.82. The van der Waals surface area contributed by atoms with Gasteiger partial charge in [0.2, 0.25) is 0 Å². The average Bonchev–Trinajstić information content (AvgIpc) is 2.82. The fraction of sp³-hybridized carbons (Fsp3) is 0.192. The monoisotopic (exact) mass is 432 g/mol. The van der Waals surface area contributed by atoms with E-state index in [2.05, 4.69) is 36.4 Å². The van der Waals surface area contributed by atoms with Crippen molar-refractivity contribution in [2.24, 2.45) is 0 Å². The number of benzene rings is 3. The molecule has 1 aliphatic heterocycles. The number of carbonyl (C=O) groups is 1. The first-order chi connectivity index (χ1) is 15.1. The number of aliphatic carboxylic acids is 1. The van der Waals surface area contributed by atoms with E-state index in [0.717, 1.165) is 28.9 Å². The van der Waals surface area contributed by atoms with Crippen LogP contribution >= 0.6 is 11.8 Å². The molecule has 158 valence electrons. The molecule has 31 heavy (non-hydrogen) atoms. The van der Waals surface area contributed by atoms with E-state index in [-0.39, 0.29) is 5.92 Å². The van der Waals surface area contributed by atoms with Crippen LogP contribution in [0, 0.1) is 0 Å². The van der Waals surface area contributed by atoms with E-state index in [0.29, 0.717) is 5.92 Å². The van der Waals surface area contributed by atoms with Gasteiger partial charge in [-0.1, -0.05) is 42.5 Å². The van der Waals surface area contributed by atoms with Crippen LogP contribution in [0.1, 0.15) is 34.1 Å². The maximum atomic E-state index is 10.8. The van der Waals surface area contributed by atoms with Gasteiger partial charge < -0.3 is 14.6 Å². The molecule has 3 aromatic carbocycles. The minimum absolute atomic E-state index is 0.188. The number of thioether (sulfide) groups is 1. The summed E-state index contributed by atoms with van der Waals surface area (Å²) in [6.07, 6.45) is 2.77. The predicted molar refractivity (Wildman–Crippen MR) is 124 cm³/mol. The molecule has 1 aliphatic rings. The van der Waals surface area contributed by atoms with E-state index in [1.807, 2.05) is 42.1 Å². The highest BCUT2D eigenvalue weighted by molar-refractivity contribution is 7.99. The summed E-state index contributed by atoms with van der Waals surface area (Å²) in [6.45, 7) is 0. The van der Waals surface area contributed by atoms with E-state index >= 15 is 0 Å². The standard InChI is InChI=1S/C26H24O4S/c1-29-20-10-8-18(9-11-20)23-16-31-24-15-21(30-2)12-13-22(24)26(23)19-6-3-17(4-7-19)5-14-25(27)28/h3-15,23,26H,16H2,1-2H3,(H,27,28)/b14-5+/t23?,26-/m0/s1. The van der Waals surface area contributed by atoms with Gasteiger partial charge in [0.25, 0.3) is 0 Å². The van der Waals surface area contributed by atoms with Crippen molar-refractivity contribution in [3.8, 4) is 11.5 Å². The van der Waals surface area contributed by atoms with Gasteiger partial charge in [0.05, 0.1) is 14.2 Å². The Kier molecular flexibility index (Phi) is 6.33. The topological polar surface area (TPSA) is 55.8 Å². The van der Waals surface area contributed by atoms with Crippen molar-refractivity contribution in [2.75, 3.05) is 20.0 Å². The Bertz CT molecular complexity index is 1090. The summed E-state index contributed by atoms with van der Waals surface area (Å²) in [5.74, 6) is 2.21. The lowest BCUT2D eigenvalue weighted by atomic mass is 9.77. The Morgan fingerprint density at radius 2 is 1.58 bits per heavy atom. The number of ether oxygens (including phenoxy) is 2. The van der Waals surface area contributed by atoms with Crippen LogP contribution < -0.4 is 9.47 Å². The van der Waals surface area contributed by atoms with Crippen LogP contribution in [0.15, 0.2) is 77.7 Å². The summed E-state index contributed by atoms with van der Waals surface area (Å²) >= 11 is 1.86. The van der Waals surface area contributed by atoms with Crippen molar-refractivity contribution in [2.45, 2.75) is 16.7 Å². The van der Waals surface area contributed by atoms with Gasteiger partial charge in [-0.05, 0) is 52.6 Å². The summed E-state index contributed by atoms with van der Waals surface area (Å²) in [5, 5.41) is 8.88. The summed E-state index contributed by atoms with van der Waals surface area (Å²) in [5.41, 5.74) is 4.63. The quantitative estimate of drug-likeness (QED) is 0.497. The Morgan fingerprint density at radius 3 is 2.23 bits per heavy atom. The third-order valence-corrected chi connectivity index (χ3v) is 6.82. The number of fused-ring (bicyclic) bond motifs is 1. The van der Waals surface area contributed by atoms with Gasteiger partial charge in [-0.2, -0.15) is 0 Å². The fourth-order valence-corrected chi connectivity index (χ4v) is 5.35. The van der Waals surface area contributed by atoms with Crippen molar-refractivity contribution in [1.29, 1.82) is 0 Å². The Morgan fingerprint density at radius 1 is 0.935 bits per heavy atom. The molecule has 3 aromatic rings. The number of carboxylic acid groups (broad SMARTS) is 1. The van der Waals surface area contributed by atoms with Crippen LogP contribution in [0.4, 0.5) is 0 Å². The Balaban J connectivity index is 1.75. The Hall–Kier alpha value is -3.18. The average molecular weight is 433 g/mol. The highest BCUT2D eigenvalue weighted by atomic mass is 32.2. The van der Waals surface area contributed by atoms with E-state index in [1.54, 1.807) is 20.3 Å². The van der Waals surface area contributed by atoms with Gasteiger partial charge in [0.1, 0.15) is 11.5 Å². The zero-order valence-electron chi connectivity index (χ0n) is 17.4. The van der Waals surface area contributed by atoms with Gasteiger partial charge in [-0.25, -0.2) is 4.79 Å². The van der Waals surface area contributed by atoms with Gasteiger partial charge in [0.15, 0.2) is 0 Å². The molecular weight excluding hydrogens is 408 g/mol. The molecule has 4 nitrogen and oxygen atoms in total. The van der Waals surface area contributed by atoms with E-state index < -0.39 is 5.97 Å². The fourth-order valence-electron chi connectivity index (χ4n) is 4.05. The summed E-state index contributed by atoms with van der Waals surface area (Å²) in [4.78, 5) is 12.1. The maximum absolute atomic E-state index is 10.8. The summed E-state index contributed by atoms with van der Waals surface area (Å²) in [6, 6.07) is 22.8. The molecule has 0 spiro atoms. The second-order valence-corrected chi connectivity index (χ2v) is 8.47. The first kappa shape index (κ1) is 21.1. The van der Waals surface area contributed by atoms with Crippen molar-refractivity contribution in [3.05, 3.63) is 95.1 Å². The molecule has 0 aromatic heterocycles. The molecule has 0 aliphatic carbocycles. The van der Waals surface area contributed by atoms with Crippen molar-refractivity contribution >= 4 is 23.8 Å². The second kappa shape index (κ2) is 9.31. The first-order valence-electron chi connectivity index (χ1n) is 10.0. The third kappa shape index (κ3) is 4.62. The second-order valence-electron chi connectivity index (χ2n) is 7.41. The number of hydrogen-bond donors (Lipinski definition) is 1. The molecule has 5 heteroatoms. The molecule has 0 fully saturated rings. The molecular formula is C26H24O4S. The maximum Gasteiger partial charge on any atom is 0.328 e. The minimum atomic E-state index is -0.948. The SMILES string of the molecule is COc1ccc(C2CSc3cc(OC)ccc3[C@@H]2c2ccc(/C=C/C(=O)O)cc2)cc1. The van der Waals surface area contributed by atoms with E-state index in [1.165, 1.54) is 21.6 Å². The lowest BCUT2D eigenvalue weighted by Gasteiger charge is -2.34. The summed E-state index contributed by atoms with van der Waals surface area (Å²) < 4.78 is 10.8. The smallest absolute Gasteiger partial charge is 0.328 e. The Labute approximate surface area is 186 Å². The minimum Gasteiger partial charge on any atom is -0.497 e. The number of carboxylic acids is 1. The number of rotatable bonds is 6. The molecule has 0 bridgehead atoms. The number of hydrogen-bond acceptors (Lipinski definition) is 4. The van der Waals surface area contributed by atoms with Crippen LogP contribution in [-0.4, -0.2) is 31.0 Å². The zero-order valence-corrected chi connectivity index (χ0v) is 18.3. The van der Waals surface area contributed by atoms with Gasteiger partial charge in [0, 0.05) is 28.6 Å². The zero-order chi connectivity index (χ0) is 21.8. The van der Waals surface area contributed by atoms with Crippen LogP contribution in [0.25, 0.3) is 6.08 Å². The van der Waals surface area contributed by atoms with Crippen molar-refractivity contribution in [3.63, 3.8) is 0 Å². The lowest BCUT2D eigenvalue weighted by molar-refractivity contribution is -0.131. The molecule has 0 saturated carbocycles. The molecule has 0 amide bonds. The van der Waals surface area contributed by atoms with Crippen LogP contribution in [-0.2, 0) is 4.79 Å². The molecule has 1 N–H and O–H groups in total. The highest BCUT2D eigenvalue weighted by Gasteiger charge is 2.32. The largest absolute Gasteiger partial charge is 0.497 e. The molecule has 0 saturated heterocycles. The molecule has 1 heterocycles. The lowest BCUT2D eigenvalue weighted by Crippen LogP contribution is -2.20. The van der Waals surface area contributed by atoms with Crippen LogP contribution in [0.5, 0.6) is 11.5 Å².